The van der Waals surface area contributed by atoms with Crippen molar-refractivity contribution in [3.8, 4) is 113 Å². The summed E-state index contributed by atoms with van der Waals surface area (Å²) in [6, 6.07) is 119. The van der Waals surface area contributed by atoms with Crippen LogP contribution in [0.25, 0.3) is 201 Å². The molecule has 0 aliphatic rings. The molecule has 9 aromatic carbocycles. The Morgan fingerprint density at radius 3 is 0.930 bits per heavy atom. The number of benzene rings is 9. The summed E-state index contributed by atoms with van der Waals surface area (Å²) in [7, 11) is 0. The zero-order valence-corrected chi connectivity index (χ0v) is 74.1. The highest BCUT2D eigenvalue weighted by molar-refractivity contribution is 9.11. The first-order chi connectivity index (χ1) is 63.1. The maximum Gasteiger partial charge on any atom is 0.237 e. The third kappa shape index (κ3) is 15.8. The molecule has 0 atom stereocenters. The van der Waals surface area contributed by atoms with Crippen molar-refractivity contribution < 1.29 is 0 Å². The molecule has 0 N–H and O–H groups in total. The van der Waals surface area contributed by atoms with Crippen LogP contribution in [0.2, 0.25) is 0 Å². The van der Waals surface area contributed by atoms with E-state index in [-0.39, 0.29) is 0 Å². The van der Waals surface area contributed by atoms with E-state index >= 15 is 0 Å². The zero-order valence-electron chi connectivity index (χ0n) is 67.8. The van der Waals surface area contributed by atoms with Gasteiger partial charge in [-0.25, -0.2) is 44.9 Å². The van der Waals surface area contributed by atoms with E-state index in [1.54, 1.807) is 12.4 Å². The summed E-state index contributed by atoms with van der Waals surface area (Å²) in [5.41, 5.74) is 24.5. The maximum absolute atomic E-state index is 5.03. The highest BCUT2D eigenvalue weighted by Gasteiger charge is 2.24. The molecular formula is C107H67Br4N17. The van der Waals surface area contributed by atoms with Crippen LogP contribution in [-0.2, 0) is 0 Å². The highest BCUT2D eigenvalue weighted by Crippen LogP contribution is 2.42. The lowest BCUT2D eigenvalue weighted by Crippen LogP contribution is -2.04. The van der Waals surface area contributed by atoms with Crippen LogP contribution in [-0.4, -0.2) is 83.1 Å². The van der Waals surface area contributed by atoms with E-state index in [4.69, 9.17) is 44.9 Å². The van der Waals surface area contributed by atoms with Gasteiger partial charge in [-0.15, -0.1) is 0 Å². The molecule has 0 aliphatic heterocycles. The minimum atomic E-state index is 0.603. The van der Waals surface area contributed by atoms with Crippen LogP contribution in [0.15, 0.2) is 426 Å². The van der Waals surface area contributed by atoms with Crippen LogP contribution in [0.3, 0.4) is 0 Å². The molecular weight excluding hydrogens is 1840 g/mol. The Kier molecular flexibility index (Phi) is 22.0. The van der Waals surface area contributed by atoms with Gasteiger partial charge in [0.2, 0.25) is 5.95 Å². The van der Waals surface area contributed by atoms with Gasteiger partial charge in [-0.3, -0.25) is 38.2 Å². The summed E-state index contributed by atoms with van der Waals surface area (Å²) in [4.78, 5) is 61.8. The molecule has 608 valence electrons. The molecule has 21 heteroatoms. The van der Waals surface area contributed by atoms with Gasteiger partial charge in [-0.05, 0) is 206 Å². The number of fused-ring (bicyclic) bond motifs is 12. The highest BCUT2D eigenvalue weighted by atomic mass is 79.9. The lowest BCUT2D eigenvalue weighted by Gasteiger charge is -2.13. The molecule has 0 saturated heterocycles. The quantitative estimate of drug-likeness (QED) is 0.113. The predicted molar refractivity (Wildman–Crippen MR) is 529 cm³/mol. The number of halogens is 4. The van der Waals surface area contributed by atoms with Crippen LogP contribution in [0.5, 0.6) is 0 Å². The molecule has 0 aliphatic carbocycles. The number of hydrogen-bond acceptors (Lipinski definition) is 13. The second kappa shape index (κ2) is 35.3. The van der Waals surface area contributed by atoms with Crippen molar-refractivity contribution in [1.82, 2.24) is 83.1 Å². The zero-order chi connectivity index (χ0) is 86.0. The largest absolute Gasteiger partial charge is 0.294 e. The topological polar surface area (TPSA) is 187 Å². The normalized spacial score (nSPS) is 11.3. The van der Waals surface area contributed by atoms with E-state index in [1.165, 1.54) is 0 Å². The molecule has 17 nitrogen and oxygen atoms in total. The summed E-state index contributed by atoms with van der Waals surface area (Å²) < 4.78 is 12.7. The second-order valence-electron chi connectivity index (χ2n) is 30.0. The maximum atomic E-state index is 5.03. The van der Waals surface area contributed by atoms with Gasteiger partial charge in [-0.2, -0.15) is 0 Å². The molecule has 0 radical (unpaired) electrons. The van der Waals surface area contributed by atoms with E-state index in [2.05, 4.69) is 260 Å². The lowest BCUT2D eigenvalue weighted by atomic mass is 10.0. The van der Waals surface area contributed by atoms with Crippen molar-refractivity contribution in [3.63, 3.8) is 0 Å². The fourth-order valence-corrected chi connectivity index (χ4v) is 17.8. The average molecular weight is 1910 g/mol. The average Bonchev–Trinajstić information content (AvgIpc) is 1.60. The molecule has 0 bridgehead atoms. The summed E-state index contributed by atoms with van der Waals surface area (Å²) >= 11 is 14.5. The number of hydrogen-bond donors (Lipinski definition) is 0. The van der Waals surface area contributed by atoms with Crippen molar-refractivity contribution in [2.45, 2.75) is 0 Å². The predicted octanol–water partition coefficient (Wildman–Crippen LogP) is 27.7. The van der Waals surface area contributed by atoms with E-state index < -0.39 is 0 Å². The molecule has 0 spiro atoms. The summed E-state index contributed by atoms with van der Waals surface area (Å²) in [5.74, 6) is 1.30. The van der Waals surface area contributed by atoms with E-state index in [9.17, 15) is 0 Å². The van der Waals surface area contributed by atoms with Crippen molar-refractivity contribution in [3.05, 3.63) is 426 Å². The lowest BCUT2D eigenvalue weighted by molar-refractivity contribution is 0.981. The third-order valence-electron chi connectivity index (χ3n) is 22.1. The Labute approximate surface area is 767 Å². The van der Waals surface area contributed by atoms with Gasteiger partial charge in [0.15, 0.2) is 5.82 Å². The van der Waals surface area contributed by atoms with Gasteiger partial charge in [-0.1, -0.05) is 209 Å². The Balaban J connectivity index is 0.000000104. The first kappa shape index (κ1) is 79.8. The van der Waals surface area contributed by atoms with Crippen LogP contribution in [0.1, 0.15) is 0 Å². The van der Waals surface area contributed by atoms with E-state index in [1.807, 2.05) is 238 Å². The molecule has 0 fully saturated rings. The summed E-state index contributed by atoms with van der Waals surface area (Å²) in [5, 5.41) is 8.91. The molecule has 0 saturated carbocycles. The summed E-state index contributed by atoms with van der Waals surface area (Å²) in [6.45, 7) is 0. The summed E-state index contributed by atoms with van der Waals surface area (Å²) in [6.07, 6.45) is 16.4. The van der Waals surface area contributed by atoms with Gasteiger partial charge in [0.1, 0.15) is 22.6 Å². The first-order valence-electron chi connectivity index (χ1n) is 41.1. The number of rotatable bonds is 12. The van der Waals surface area contributed by atoms with E-state index in [0.717, 1.165) is 207 Å². The Hall–Kier alpha value is -15.4. The van der Waals surface area contributed by atoms with Crippen LogP contribution >= 0.6 is 63.7 Å². The van der Waals surface area contributed by atoms with Crippen molar-refractivity contribution in [2.24, 2.45) is 0 Å². The minimum Gasteiger partial charge on any atom is -0.294 e. The van der Waals surface area contributed by atoms with Gasteiger partial charge in [0, 0.05) is 150 Å². The molecule has 128 heavy (non-hydrogen) atoms. The van der Waals surface area contributed by atoms with Gasteiger partial charge in [0.05, 0.1) is 90.9 Å². The Morgan fingerprint density at radius 2 is 0.531 bits per heavy atom. The Morgan fingerprint density at radius 1 is 0.195 bits per heavy atom. The fraction of sp³-hybridized carbons (Fsp3) is 0. The fourth-order valence-electron chi connectivity index (χ4n) is 16.4. The monoisotopic (exact) mass is 1910 g/mol. The van der Waals surface area contributed by atoms with Gasteiger partial charge >= 0.3 is 0 Å². The Bertz CT molecular complexity index is 7490. The number of aromatic nitrogens is 17. The SMILES string of the molecule is Brc1ccc2c(c1)c1cccnc1n2-c1cc(-c2ccccn2)cc(-c2ccccn2)c1.Brc1ccc2c(c1)c1cccnc1n2-c1cc(-c2ccccn2)nc(-c2ccccn2)c1.Brc1ccc2c(c1)c1cccnc1n2-c1cnc(-c2ccccc2)nc1-c1ccccc1.Brc1ccc2c(c1)c1cccnc1n2-c1nc(-c2ccccc2)cc(-c2ccccc2)n1. The van der Waals surface area contributed by atoms with Crippen LogP contribution in [0.4, 0.5) is 0 Å². The molecule has 15 aromatic heterocycles. The number of nitrogens with zero attached hydrogens (tertiary/aromatic N) is 17. The standard InChI is InChI=1S/3C27H17BrN4.C26H16BrN5/c28-20-9-10-26-23(17-20)22-6-5-13-31-27(22)32(26)21-15-18(24-7-1-3-11-29-24)14-19(16-21)25-8-2-4-12-30-25;28-20-13-14-25-22(16-20)21-12-7-15-29-26(21)32(25)27-30-23(18-8-3-1-4-9-18)17-24(31-27)19-10-5-2-6-11-19;28-20-13-14-23-22(16-20)21-12-7-15-29-27(21)32(23)24-17-30-26(19-10-5-2-6-11-19)31-25(24)18-8-3-1-4-9-18;27-17-9-10-25-20(14-17)19-6-5-13-30-26(19)32(25)18-15-23(21-7-1-3-11-28-21)31-24(16-18)22-8-2-4-12-29-22/h3*1-17H;1-16H. The van der Waals surface area contributed by atoms with Crippen molar-refractivity contribution in [1.29, 1.82) is 0 Å². The van der Waals surface area contributed by atoms with Crippen LogP contribution in [0, 0.1) is 0 Å². The first-order valence-corrected chi connectivity index (χ1v) is 44.3. The van der Waals surface area contributed by atoms with Crippen molar-refractivity contribution >= 4 is 151 Å². The van der Waals surface area contributed by atoms with Gasteiger partial charge < -0.3 is 0 Å². The molecule has 24 aromatic rings. The van der Waals surface area contributed by atoms with Gasteiger partial charge in [0.25, 0.3) is 0 Å². The van der Waals surface area contributed by atoms with Crippen LogP contribution < -0.4 is 0 Å². The smallest absolute Gasteiger partial charge is 0.237 e. The molecule has 0 unspecified atom stereocenters. The van der Waals surface area contributed by atoms with Crippen molar-refractivity contribution in [2.75, 3.05) is 0 Å². The second-order valence-corrected chi connectivity index (χ2v) is 33.7. The minimum absolute atomic E-state index is 0.603. The number of pyridine rings is 9. The van der Waals surface area contributed by atoms with E-state index in [0.29, 0.717) is 11.8 Å². The molecule has 15 heterocycles. The molecule has 0 amide bonds. The third-order valence-corrected chi connectivity index (χ3v) is 24.1. The molecule has 24 rings (SSSR count).